The number of hydrogen-bond acceptors (Lipinski definition) is 1. The van der Waals surface area contributed by atoms with Gasteiger partial charge in [0.05, 0.1) is 0 Å². The van der Waals surface area contributed by atoms with E-state index < -0.39 is 17.6 Å². The third kappa shape index (κ3) is 2.55. The monoisotopic (exact) mass is 338 g/mol. The molecule has 0 N–H and O–H groups in total. The summed E-state index contributed by atoms with van der Waals surface area (Å²) in [6.45, 7) is 0. The van der Waals surface area contributed by atoms with Gasteiger partial charge in [-0.15, -0.1) is 0 Å². The molecule has 0 bridgehead atoms. The summed E-state index contributed by atoms with van der Waals surface area (Å²) in [5.74, 6) is 0.717. The second-order valence-corrected chi connectivity index (χ2v) is 9.51. The second kappa shape index (κ2) is 4.74. The summed E-state index contributed by atoms with van der Waals surface area (Å²) >= 11 is 3.73. The summed E-state index contributed by atoms with van der Waals surface area (Å²) < 4.78 is 5.92. The number of hydrogen-bond donors (Lipinski definition) is 0. The van der Waals surface area contributed by atoms with E-state index in [1.807, 2.05) is 0 Å². The van der Waals surface area contributed by atoms with Crippen LogP contribution in [0.5, 0.6) is 5.75 Å². The fraction of sp³-hybridized carbons (Fsp3) is 0.143. The van der Waals surface area contributed by atoms with Gasteiger partial charge in [-0.1, -0.05) is 0 Å². The predicted octanol–water partition coefficient (Wildman–Crippen LogP) is 4.33. The van der Waals surface area contributed by atoms with Crippen LogP contribution in [0, 0.1) is 3.57 Å². The van der Waals surface area contributed by atoms with Gasteiger partial charge in [-0.2, -0.15) is 0 Å². The first-order chi connectivity index (χ1) is 5.65. The van der Waals surface area contributed by atoms with Gasteiger partial charge in [-0.05, 0) is 0 Å². The molecule has 0 saturated carbocycles. The molecule has 5 heteroatoms. The van der Waals surface area contributed by atoms with Gasteiger partial charge in [-0.3, -0.25) is 0 Å². The quantitative estimate of drug-likeness (QED) is 0.729. The zero-order valence-electron chi connectivity index (χ0n) is 6.15. The summed E-state index contributed by atoms with van der Waals surface area (Å²) in [6, 6.07) is 5.27. The van der Waals surface area contributed by atoms with Crippen LogP contribution in [0.15, 0.2) is 18.2 Å². The molecular formula is C7H6Cl3IO. The van der Waals surface area contributed by atoms with Crippen molar-refractivity contribution >= 4 is 47.0 Å². The van der Waals surface area contributed by atoms with Crippen molar-refractivity contribution in [1.29, 1.82) is 0 Å². The van der Waals surface area contributed by atoms with Crippen LogP contribution < -0.4 is 4.74 Å². The number of methoxy groups -OCH3 is 1. The van der Waals surface area contributed by atoms with Crippen molar-refractivity contribution in [2.24, 2.45) is 0 Å². The molecule has 0 amide bonds. The molecule has 1 nitrogen and oxygen atoms in total. The molecule has 1 aromatic carbocycles. The molecule has 0 spiro atoms. The predicted molar refractivity (Wildman–Crippen MR) is 62.4 cm³/mol. The van der Waals surface area contributed by atoms with Crippen molar-refractivity contribution in [2.75, 3.05) is 7.11 Å². The van der Waals surface area contributed by atoms with Crippen LogP contribution in [0.1, 0.15) is 0 Å². The van der Waals surface area contributed by atoms with Crippen LogP contribution in [0.4, 0.5) is 0 Å². The van der Waals surface area contributed by atoms with Crippen LogP contribution in [-0.4, -0.2) is 7.11 Å². The molecule has 0 aliphatic heterocycles. The molecule has 0 aromatic heterocycles. The molecular weight excluding hydrogens is 333 g/mol. The Morgan fingerprint density at radius 3 is 2.50 bits per heavy atom. The van der Waals surface area contributed by atoms with Crippen LogP contribution in [0.25, 0.3) is 0 Å². The van der Waals surface area contributed by atoms with Gasteiger partial charge in [0.25, 0.3) is 0 Å². The Hall–Kier alpha value is 0.620. The number of benzene rings is 1. The van der Waals surface area contributed by atoms with E-state index in [-0.39, 0.29) is 0 Å². The standard InChI is InChI=1S/C7H6Cl3IO/c1-12-7-3-2-5(8)4-6(7)11(9)10/h2-4H,1H3. The molecule has 0 saturated heterocycles. The SMILES string of the molecule is COc1ccc(Cl)cc1I(Cl)Cl. The van der Waals surface area contributed by atoms with Crippen molar-refractivity contribution in [3.05, 3.63) is 26.8 Å². The van der Waals surface area contributed by atoms with Gasteiger partial charge in [0.2, 0.25) is 0 Å². The Bertz CT molecular complexity index is 277. The Kier molecular flexibility index (Phi) is 4.23. The Morgan fingerprint density at radius 1 is 1.33 bits per heavy atom. The van der Waals surface area contributed by atoms with E-state index in [2.05, 4.69) is 0 Å². The fourth-order valence-electron chi connectivity index (χ4n) is 0.752. The van der Waals surface area contributed by atoms with Gasteiger partial charge in [-0.25, -0.2) is 0 Å². The Labute approximate surface area is 90.8 Å². The van der Waals surface area contributed by atoms with E-state index in [0.717, 1.165) is 9.32 Å². The average molecular weight is 339 g/mol. The summed E-state index contributed by atoms with van der Waals surface area (Å²) in [7, 11) is 13.3. The van der Waals surface area contributed by atoms with Gasteiger partial charge < -0.3 is 0 Å². The zero-order chi connectivity index (χ0) is 9.14. The number of halogens is 4. The first kappa shape index (κ1) is 10.7. The molecule has 0 radical (unpaired) electrons. The molecule has 68 valence electrons. The average Bonchev–Trinajstić information content (AvgIpc) is 2.04. The van der Waals surface area contributed by atoms with E-state index in [1.54, 1.807) is 25.3 Å². The molecule has 12 heavy (non-hydrogen) atoms. The van der Waals surface area contributed by atoms with E-state index >= 15 is 0 Å². The molecule has 1 aromatic rings. The maximum absolute atomic E-state index is 5.84. The zero-order valence-corrected chi connectivity index (χ0v) is 10.6. The van der Waals surface area contributed by atoms with Crippen molar-refractivity contribution in [2.45, 2.75) is 0 Å². The van der Waals surface area contributed by atoms with E-state index in [0.29, 0.717) is 5.02 Å². The molecule has 0 fully saturated rings. The van der Waals surface area contributed by atoms with Gasteiger partial charge >= 0.3 is 91.4 Å². The van der Waals surface area contributed by atoms with Gasteiger partial charge in [0, 0.05) is 0 Å². The van der Waals surface area contributed by atoms with E-state index in [9.17, 15) is 0 Å². The van der Waals surface area contributed by atoms with Gasteiger partial charge in [0.15, 0.2) is 0 Å². The third-order valence-corrected chi connectivity index (χ3v) is 5.29. The maximum atomic E-state index is 5.84. The first-order valence-corrected chi connectivity index (χ1v) is 9.93. The van der Waals surface area contributed by atoms with Crippen LogP contribution >= 0.6 is 47.0 Å². The summed E-state index contributed by atoms with van der Waals surface area (Å²) in [5.41, 5.74) is 0. The van der Waals surface area contributed by atoms with Gasteiger partial charge in [0.1, 0.15) is 0 Å². The van der Waals surface area contributed by atoms with Crippen molar-refractivity contribution in [1.82, 2.24) is 0 Å². The first-order valence-electron chi connectivity index (χ1n) is 3.01. The number of ether oxygens (including phenoxy) is 1. The van der Waals surface area contributed by atoms with Crippen molar-refractivity contribution < 1.29 is 4.74 Å². The summed E-state index contributed by atoms with van der Waals surface area (Å²) in [5, 5.41) is 0.634. The molecule has 0 atom stereocenters. The molecule has 0 unspecified atom stereocenters. The molecule has 0 heterocycles. The Morgan fingerprint density at radius 2 is 2.00 bits per heavy atom. The third-order valence-electron chi connectivity index (χ3n) is 1.27. The number of rotatable bonds is 2. The topological polar surface area (TPSA) is 9.23 Å². The molecule has 0 aliphatic carbocycles. The van der Waals surface area contributed by atoms with Crippen molar-refractivity contribution in [3.63, 3.8) is 0 Å². The second-order valence-electron chi connectivity index (χ2n) is 1.98. The van der Waals surface area contributed by atoms with Crippen molar-refractivity contribution in [3.8, 4) is 5.75 Å². The van der Waals surface area contributed by atoms with Crippen LogP contribution in [-0.2, 0) is 0 Å². The minimum atomic E-state index is -2.04. The fourth-order valence-corrected chi connectivity index (χ4v) is 3.98. The van der Waals surface area contributed by atoms with Crippen LogP contribution in [0.2, 0.25) is 5.02 Å². The molecule has 1 rings (SSSR count). The minimum absolute atomic E-state index is 0.634. The summed E-state index contributed by atoms with van der Waals surface area (Å²) in [6.07, 6.45) is 0. The van der Waals surface area contributed by atoms with Crippen LogP contribution in [0.3, 0.4) is 0 Å². The summed E-state index contributed by atoms with van der Waals surface area (Å²) in [4.78, 5) is 0. The molecule has 0 aliphatic rings. The Balaban J connectivity index is 3.12. The normalized spacial score (nSPS) is 11.2. The van der Waals surface area contributed by atoms with E-state index in [1.165, 1.54) is 0 Å². The van der Waals surface area contributed by atoms with E-state index in [4.69, 9.17) is 34.2 Å².